The Balaban J connectivity index is 1.47. The third-order valence-electron chi connectivity index (χ3n) is 5.76. The van der Waals surface area contributed by atoms with Crippen LogP contribution in [0.2, 0.25) is 0 Å². The highest BCUT2D eigenvalue weighted by Crippen LogP contribution is 2.50. The van der Waals surface area contributed by atoms with Crippen LogP contribution in [0.5, 0.6) is 5.88 Å². The van der Waals surface area contributed by atoms with Gasteiger partial charge in [-0.1, -0.05) is 24.1 Å². The summed E-state index contributed by atoms with van der Waals surface area (Å²) in [4.78, 5) is 17.5. The van der Waals surface area contributed by atoms with Gasteiger partial charge in [0.05, 0.1) is 28.4 Å². The van der Waals surface area contributed by atoms with Gasteiger partial charge in [-0.25, -0.2) is 9.29 Å². The van der Waals surface area contributed by atoms with E-state index in [0.717, 1.165) is 23.8 Å². The van der Waals surface area contributed by atoms with E-state index in [-0.39, 0.29) is 10.3 Å². The second-order valence-electron chi connectivity index (χ2n) is 8.28. The summed E-state index contributed by atoms with van der Waals surface area (Å²) in [5.74, 6) is 0.448. The zero-order valence-electron chi connectivity index (χ0n) is 18.8. The summed E-state index contributed by atoms with van der Waals surface area (Å²) in [6, 6.07) is 14.0. The van der Waals surface area contributed by atoms with Crippen molar-refractivity contribution in [3.05, 3.63) is 69.6 Å². The van der Waals surface area contributed by atoms with Gasteiger partial charge in [-0.3, -0.25) is 4.79 Å². The minimum atomic E-state index is -0.0938. The molecule has 3 aromatic rings. The Morgan fingerprint density at radius 1 is 1.24 bits per heavy atom. The van der Waals surface area contributed by atoms with Crippen LogP contribution < -0.4 is 15.6 Å². The molecule has 2 aromatic heterocycles. The molecule has 10 heteroatoms. The van der Waals surface area contributed by atoms with Crippen LogP contribution in [0.25, 0.3) is 10.9 Å². The highest BCUT2D eigenvalue weighted by atomic mass is 35.5. The lowest BCUT2D eigenvalue weighted by Gasteiger charge is -2.22. The molecule has 0 atom stereocenters. The number of alkyl halides is 2. The van der Waals surface area contributed by atoms with Crippen molar-refractivity contribution in [3.8, 4) is 11.9 Å². The number of nitriles is 1. The van der Waals surface area contributed by atoms with Gasteiger partial charge in [0.2, 0.25) is 5.88 Å². The Hall–Kier alpha value is -2.28. The van der Waals surface area contributed by atoms with E-state index >= 15 is 0 Å². The van der Waals surface area contributed by atoms with E-state index in [4.69, 9.17) is 33.2 Å². The summed E-state index contributed by atoms with van der Waals surface area (Å²) in [7, 11) is 1.74. The average Bonchev–Trinajstić information content (AvgIpc) is 3.64. The van der Waals surface area contributed by atoms with Gasteiger partial charge >= 0.3 is 0 Å². The molecule has 178 valence electrons. The van der Waals surface area contributed by atoms with Crippen LogP contribution in [0, 0.1) is 11.3 Å². The van der Waals surface area contributed by atoms with Gasteiger partial charge in [0.1, 0.15) is 12.1 Å². The van der Waals surface area contributed by atoms with Gasteiger partial charge in [-0.2, -0.15) is 5.26 Å². The highest BCUT2D eigenvalue weighted by Gasteiger charge is 2.46. The number of halogens is 2. The lowest BCUT2D eigenvalue weighted by molar-refractivity contribution is 0.300. The van der Waals surface area contributed by atoms with Crippen molar-refractivity contribution in [3.63, 3.8) is 0 Å². The van der Waals surface area contributed by atoms with Crippen molar-refractivity contribution in [2.24, 2.45) is 7.05 Å². The molecule has 0 saturated heterocycles. The predicted octanol–water partition coefficient (Wildman–Crippen LogP) is 4.35. The van der Waals surface area contributed by atoms with E-state index < -0.39 is 0 Å². The van der Waals surface area contributed by atoms with Gasteiger partial charge in [-0.15, -0.1) is 23.2 Å². The number of aryl methyl sites for hydroxylation is 1. The SMILES string of the molecule is Cn1c(=O)c(CNCc2ccc(C#N)cc2)cc2ccnc(OCC3(SN(CCl)CCl)CC3)c21. The first-order chi connectivity index (χ1) is 16.5. The van der Waals surface area contributed by atoms with Crippen LogP contribution >= 0.6 is 35.1 Å². The van der Waals surface area contributed by atoms with Crippen LogP contribution in [-0.4, -0.2) is 37.2 Å². The molecule has 0 aliphatic heterocycles. The number of pyridine rings is 2. The van der Waals surface area contributed by atoms with Gasteiger partial charge in [0.25, 0.3) is 5.56 Å². The number of hydrogen-bond acceptors (Lipinski definition) is 7. The topological polar surface area (TPSA) is 83.2 Å². The molecule has 34 heavy (non-hydrogen) atoms. The Morgan fingerprint density at radius 2 is 1.97 bits per heavy atom. The number of benzene rings is 1. The number of fused-ring (bicyclic) bond motifs is 1. The van der Waals surface area contributed by atoms with Crippen molar-refractivity contribution in [1.82, 2.24) is 19.2 Å². The molecule has 1 N–H and O–H groups in total. The minimum Gasteiger partial charge on any atom is -0.475 e. The lowest BCUT2D eigenvalue weighted by atomic mass is 10.1. The van der Waals surface area contributed by atoms with E-state index in [0.29, 0.717) is 54.2 Å². The number of nitrogens with one attached hydrogen (secondary N) is 1. The number of nitrogens with zero attached hydrogens (tertiary/aromatic N) is 4. The van der Waals surface area contributed by atoms with Crippen molar-refractivity contribution in [2.45, 2.75) is 30.7 Å². The molecule has 0 unspecified atom stereocenters. The second-order valence-corrected chi connectivity index (χ2v) is 10.3. The van der Waals surface area contributed by atoms with Crippen molar-refractivity contribution in [1.29, 1.82) is 5.26 Å². The van der Waals surface area contributed by atoms with Crippen molar-refractivity contribution < 1.29 is 4.74 Å². The Bertz CT molecular complexity index is 1250. The zero-order valence-corrected chi connectivity index (χ0v) is 21.1. The van der Waals surface area contributed by atoms with Crippen molar-refractivity contribution in [2.75, 3.05) is 18.6 Å². The molecule has 1 aliphatic carbocycles. The molecule has 1 saturated carbocycles. The average molecular weight is 518 g/mol. The lowest BCUT2D eigenvalue weighted by Crippen LogP contribution is -2.27. The fraction of sp³-hybridized carbons (Fsp3) is 0.375. The minimum absolute atomic E-state index is 0.0538. The van der Waals surface area contributed by atoms with Crippen molar-refractivity contribution >= 4 is 46.1 Å². The molecular weight excluding hydrogens is 493 g/mol. The third kappa shape index (κ3) is 5.68. The number of hydrogen-bond donors (Lipinski definition) is 1. The Kier molecular flexibility index (Phi) is 8.02. The first-order valence-corrected chi connectivity index (χ1v) is 12.7. The maximum Gasteiger partial charge on any atom is 0.255 e. The highest BCUT2D eigenvalue weighted by molar-refractivity contribution is 7.98. The second kappa shape index (κ2) is 11.0. The molecule has 1 aliphatic rings. The molecular formula is C24H25Cl2N5O2S. The molecule has 4 rings (SSSR count). The molecule has 2 heterocycles. The zero-order chi connectivity index (χ0) is 24.1. The Morgan fingerprint density at radius 3 is 2.62 bits per heavy atom. The summed E-state index contributed by atoms with van der Waals surface area (Å²) < 4.78 is 9.57. The first-order valence-electron chi connectivity index (χ1n) is 10.8. The van der Waals surface area contributed by atoms with E-state index in [2.05, 4.69) is 16.4 Å². The van der Waals surface area contributed by atoms with E-state index in [1.165, 1.54) is 0 Å². The van der Waals surface area contributed by atoms with Gasteiger partial charge in [0, 0.05) is 37.3 Å². The summed E-state index contributed by atoms with van der Waals surface area (Å²) >= 11 is 13.5. The monoisotopic (exact) mass is 517 g/mol. The van der Waals surface area contributed by atoms with Crippen LogP contribution in [0.4, 0.5) is 0 Å². The van der Waals surface area contributed by atoms with E-state index in [9.17, 15) is 4.79 Å². The molecule has 0 bridgehead atoms. The standard InChI is InChI=1S/C24H25Cl2N5O2S/c1-30-21-19(6-9-29-22(21)33-14-24(7-8-24)34-31(15-25)16-26)10-20(23(30)32)13-28-12-18-4-2-17(11-27)3-5-18/h2-6,9-10,28H,7-8,12-16H2,1H3. The predicted molar refractivity (Wildman–Crippen MR) is 137 cm³/mol. The smallest absolute Gasteiger partial charge is 0.255 e. The Labute approximate surface area is 212 Å². The maximum absolute atomic E-state index is 13.1. The number of rotatable bonds is 11. The maximum atomic E-state index is 13.1. The van der Waals surface area contributed by atoms with E-state index in [1.807, 2.05) is 28.6 Å². The van der Waals surface area contributed by atoms with Crippen LogP contribution in [-0.2, 0) is 20.1 Å². The van der Waals surface area contributed by atoms with Gasteiger partial charge in [0.15, 0.2) is 0 Å². The third-order valence-corrected chi connectivity index (χ3v) is 8.05. The molecule has 1 fully saturated rings. The van der Waals surface area contributed by atoms with Crippen LogP contribution in [0.3, 0.4) is 0 Å². The summed E-state index contributed by atoms with van der Waals surface area (Å²) in [5, 5.41) is 13.1. The fourth-order valence-corrected chi connectivity index (χ4v) is 5.29. The fourth-order valence-electron chi connectivity index (χ4n) is 3.70. The summed E-state index contributed by atoms with van der Waals surface area (Å²) in [6.07, 6.45) is 3.73. The summed E-state index contributed by atoms with van der Waals surface area (Å²) in [5.41, 5.74) is 2.92. The largest absolute Gasteiger partial charge is 0.475 e. The normalized spacial score (nSPS) is 14.3. The first kappa shape index (κ1) is 24.8. The van der Waals surface area contributed by atoms with Crippen LogP contribution in [0.15, 0.2) is 47.4 Å². The summed E-state index contributed by atoms with van der Waals surface area (Å²) in [6.45, 7) is 1.49. The molecule has 1 aromatic carbocycles. The molecule has 0 amide bonds. The molecule has 0 radical (unpaired) electrons. The van der Waals surface area contributed by atoms with Gasteiger partial charge in [-0.05, 0) is 42.7 Å². The van der Waals surface area contributed by atoms with Crippen LogP contribution in [0.1, 0.15) is 29.5 Å². The number of ether oxygens (including phenoxy) is 1. The molecule has 7 nitrogen and oxygen atoms in total. The van der Waals surface area contributed by atoms with Gasteiger partial charge < -0.3 is 14.6 Å². The molecule has 0 spiro atoms. The number of aromatic nitrogens is 2. The van der Waals surface area contributed by atoms with E-state index in [1.54, 1.807) is 41.9 Å². The quantitative estimate of drug-likeness (QED) is 0.230.